The van der Waals surface area contributed by atoms with Crippen molar-refractivity contribution in [3.05, 3.63) is 35.9 Å². The standard InChI is InChI=1S/C60H102N14O15/c1-14-31(5)43-55(87)67-37(22-19-23-64-58(62)63)51(83)70-44(32(6)15-2)56(88)72-45(33(7)77)54(86)65-27-42(79)66-39(28-75)52(84)69-40(29-76)53(85)73-46(34-20-17-16-18-21-34)35(49(81)74-47(57(89)71-43)48(80)30(3)4)24-41(78)38(26-60(11,12)13)68-50(82)36(61)25-59(8,9)10/h16-18,20-21,30-33,35-40,43-48,75-77,80H,14-15,19,22-29,61H2,1-13H3,(H,65,86)(H,66,79)(H,67,87)(H,68,82)(H,69,84)(H,70,83)(H,71,89)(H,72,88)(H,73,85)(H,74,81)(H4,62,63,64)/t31-,32-,33-,35-,36+,37+,38-,39-,40?,43?,44-,45-,46+,47-,48+/m0/s1. The number of aliphatic imine (C=N–C) groups is 1. The second-order valence-electron chi connectivity index (χ2n) is 25.8. The fourth-order valence-corrected chi connectivity index (χ4v) is 9.66. The average molecular weight is 1260 g/mol. The Kier molecular flexibility index (Phi) is 31.8. The lowest BCUT2D eigenvalue weighted by molar-refractivity contribution is -0.140. The first kappa shape index (κ1) is 77.8. The van der Waals surface area contributed by atoms with E-state index < -0.39 is 198 Å². The molecule has 1 aromatic rings. The molecule has 29 nitrogen and oxygen atoms in total. The minimum atomic E-state index is -1.94. The van der Waals surface area contributed by atoms with Gasteiger partial charge in [-0.15, -0.1) is 0 Å². The van der Waals surface area contributed by atoms with Crippen LogP contribution in [0.4, 0.5) is 0 Å². The predicted molar refractivity (Wildman–Crippen MR) is 331 cm³/mol. The molecule has 1 fully saturated rings. The molecule has 1 aliphatic rings. The van der Waals surface area contributed by atoms with Crippen LogP contribution in [-0.4, -0.2) is 184 Å². The number of aliphatic hydroxyl groups is 4. The second kappa shape index (κ2) is 36.4. The Morgan fingerprint density at radius 3 is 1.60 bits per heavy atom. The van der Waals surface area contributed by atoms with Crippen molar-refractivity contribution >= 4 is 70.8 Å². The van der Waals surface area contributed by atoms with Gasteiger partial charge in [0.05, 0.1) is 56.0 Å². The van der Waals surface area contributed by atoms with Gasteiger partial charge in [0, 0.05) is 13.0 Å². The van der Waals surface area contributed by atoms with Gasteiger partial charge < -0.3 is 90.8 Å². The summed E-state index contributed by atoms with van der Waals surface area (Å²) in [6.45, 7) is 18.8. The van der Waals surface area contributed by atoms with Crippen molar-refractivity contribution in [1.29, 1.82) is 0 Å². The van der Waals surface area contributed by atoms with Gasteiger partial charge in [-0.3, -0.25) is 57.7 Å². The van der Waals surface area contributed by atoms with E-state index in [1.807, 2.05) is 41.5 Å². The maximum absolute atomic E-state index is 15.5. The summed E-state index contributed by atoms with van der Waals surface area (Å²) in [6, 6.07) is -8.20. The lowest BCUT2D eigenvalue weighted by Crippen LogP contribution is -2.63. The molecule has 10 amide bonds. The smallest absolute Gasteiger partial charge is 0.245 e. The highest BCUT2D eigenvalue weighted by molar-refractivity contribution is 5.99. The molecule has 2 rings (SSSR count). The highest BCUT2D eigenvalue weighted by atomic mass is 16.3. The number of nitrogens with one attached hydrogen (secondary N) is 10. The monoisotopic (exact) mass is 1260 g/mol. The van der Waals surface area contributed by atoms with Crippen LogP contribution < -0.4 is 70.4 Å². The molecule has 1 saturated heterocycles. The number of aliphatic hydroxyl groups excluding tert-OH is 4. The van der Waals surface area contributed by atoms with Crippen molar-refractivity contribution in [2.45, 2.75) is 208 Å². The lowest BCUT2D eigenvalue weighted by atomic mass is 9.81. The molecule has 1 heterocycles. The van der Waals surface area contributed by atoms with Crippen LogP contribution >= 0.6 is 0 Å². The van der Waals surface area contributed by atoms with E-state index in [1.165, 1.54) is 26.0 Å². The van der Waals surface area contributed by atoms with Gasteiger partial charge in [-0.2, -0.15) is 0 Å². The van der Waals surface area contributed by atoms with Crippen LogP contribution in [0.3, 0.4) is 0 Å². The number of benzene rings is 1. The maximum Gasteiger partial charge on any atom is 0.245 e. The molecule has 0 radical (unpaired) electrons. The summed E-state index contributed by atoms with van der Waals surface area (Å²) in [5.74, 6) is -15.3. The SMILES string of the molecule is CC[C@H](C)C1NC(=O)[C@H]([C@H](O)C(C)C)NC(=O)[C@@H](CC(=O)[C@H](CC(C)(C)C)NC(=O)[C@H](N)CC(C)(C)C)[C@@H](c2ccccc2)NC(=O)C(CO)NC(=O)[C@H](CO)NC(=O)CNC(=O)[C@H]([C@H](C)O)NC(=O)[C@H]([C@@H](C)CC)NC(=O)[C@@H](CCCN=C(N)N)NC1=O. The number of hydrogen-bond donors (Lipinski definition) is 17. The molecule has 2 unspecified atom stereocenters. The van der Waals surface area contributed by atoms with E-state index >= 15 is 9.59 Å². The van der Waals surface area contributed by atoms with Gasteiger partial charge in [0.25, 0.3) is 0 Å². The molecule has 89 heavy (non-hydrogen) atoms. The number of amides is 10. The summed E-state index contributed by atoms with van der Waals surface area (Å²) in [4.78, 5) is 162. The highest BCUT2D eigenvalue weighted by Crippen LogP contribution is 2.30. The van der Waals surface area contributed by atoms with E-state index in [0.29, 0.717) is 0 Å². The molecule has 0 spiro atoms. The zero-order chi connectivity index (χ0) is 67.8. The van der Waals surface area contributed by atoms with Crippen LogP contribution in [0.2, 0.25) is 0 Å². The van der Waals surface area contributed by atoms with Crippen LogP contribution in [0.15, 0.2) is 35.3 Å². The molecule has 0 bridgehead atoms. The van der Waals surface area contributed by atoms with Gasteiger partial charge in [0.15, 0.2) is 11.7 Å². The first-order valence-electron chi connectivity index (χ1n) is 30.4. The third-order valence-electron chi connectivity index (χ3n) is 15.2. The number of ketones is 1. The lowest BCUT2D eigenvalue weighted by Gasteiger charge is -2.34. The number of Topliss-reactive ketones (excluding diaryl/α,β-unsaturated/α-hetero) is 1. The number of nitrogens with two attached hydrogens (primary N) is 3. The zero-order valence-electron chi connectivity index (χ0n) is 53.9. The Labute approximate surface area is 521 Å². The fourth-order valence-electron chi connectivity index (χ4n) is 9.66. The summed E-state index contributed by atoms with van der Waals surface area (Å²) in [7, 11) is 0. The molecule has 29 heteroatoms. The predicted octanol–water partition coefficient (Wildman–Crippen LogP) is -2.84. The minimum Gasteiger partial charge on any atom is -0.394 e. The molecule has 15 atom stereocenters. The van der Waals surface area contributed by atoms with Crippen molar-refractivity contribution < 1.29 is 73.2 Å². The van der Waals surface area contributed by atoms with Crippen LogP contribution in [0, 0.1) is 34.5 Å². The molecule has 0 aliphatic carbocycles. The van der Waals surface area contributed by atoms with Gasteiger partial charge in [0.2, 0.25) is 59.1 Å². The Bertz CT molecular complexity index is 2590. The number of rotatable bonds is 21. The van der Waals surface area contributed by atoms with Crippen LogP contribution in [0.1, 0.15) is 147 Å². The van der Waals surface area contributed by atoms with Crippen molar-refractivity contribution in [3.8, 4) is 0 Å². The van der Waals surface area contributed by atoms with E-state index in [-0.39, 0.29) is 56.6 Å². The Morgan fingerprint density at radius 2 is 1.09 bits per heavy atom. The summed E-state index contributed by atoms with van der Waals surface area (Å²) in [6.07, 6.45) is -3.50. The number of hydrogen-bond acceptors (Lipinski definition) is 17. The zero-order valence-corrected chi connectivity index (χ0v) is 53.9. The van der Waals surface area contributed by atoms with Crippen molar-refractivity contribution in [1.82, 2.24) is 53.2 Å². The number of guanidine groups is 1. The summed E-state index contributed by atoms with van der Waals surface area (Å²) in [5, 5.41) is 68.7. The van der Waals surface area contributed by atoms with E-state index in [0.717, 1.165) is 6.92 Å². The maximum atomic E-state index is 15.5. The van der Waals surface area contributed by atoms with Crippen LogP contribution in [-0.2, 0) is 52.7 Å². The second-order valence-corrected chi connectivity index (χ2v) is 25.8. The third-order valence-corrected chi connectivity index (χ3v) is 15.2. The van der Waals surface area contributed by atoms with Gasteiger partial charge in [-0.05, 0) is 66.8 Å². The van der Waals surface area contributed by atoms with Crippen molar-refractivity contribution in [2.75, 3.05) is 26.3 Å². The van der Waals surface area contributed by atoms with Crippen molar-refractivity contribution in [3.63, 3.8) is 0 Å². The quantitative estimate of drug-likeness (QED) is 0.0335. The molecule has 0 aromatic heterocycles. The number of carbonyl (C=O) groups is 11. The Hall–Kier alpha value is -7.34. The molecular weight excluding hydrogens is 1160 g/mol. The van der Waals surface area contributed by atoms with E-state index in [4.69, 9.17) is 17.2 Å². The molecule has 1 aliphatic heterocycles. The fraction of sp³-hybridized carbons (Fsp3) is 0.700. The molecule has 20 N–H and O–H groups in total. The summed E-state index contributed by atoms with van der Waals surface area (Å²) in [5.41, 5.74) is 16.6. The molecule has 1 aromatic carbocycles. The van der Waals surface area contributed by atoms with E-state index in [2.05, 4.69) is 58.2 Å². The first-order valence-corrected chi connectivity index (χ1v) is 30.4. The third kappa shape index (κ3) is 26.0. The van der Waals surface area contributed by atoms with Gasteiger partial charge >= 0.3 is 0 Å². The molecule has 0 saturated carbocycles. The van der Waals surface area contributed by atoms with E-state index in [1.54, 1.807) is 45.9 Å². The summed E-state index contributed by atoms with van der Waals surface area (Å²) >= 11 is 0. The number of carbonyl (C=O) groups excluding carboxylic acids is 11. The first-order chi connectivity index (χ1) is 41.4. The van der Waals surface area contributed by atoms with Gasteiger partial charge in [0.1, 0.15) is 42.3 Å². The summed E-state index contributed by atoms with van der Waals surface area (Å²) < 4.78 is 0. The molecular formula is C60H102N14O15. The highest BCUT2D eigenvalue weighted by Gasteiger charge is 2.43. The minimum absolute atomic E-state index is 0.00909. The van der Waals surface area contributed by atoms with Crippen LogP contribution in [0.25, 0.3) is 0 Å². The largest absolute Gasteiger partial charge is 0.394 e. The molecule has 502 valence electrons. The average Bonchev–Trinajstić information content (AvgIpc) is 3.60. The van der Waals surface area contributed by atoms with Gasteiger partial charge in [-0.1, -0.05) is 126 Å². The number of nitrogens with zero attached hydrogens (tertiary/aromatic N) is 1. The van der Waals surface area contributed by atoms with Gasteiger partial charge in [-0.25, -0.2) is 0 Å². The van der Waals surface area contributed by atoms with Crippen LogP contribution in [0.5, 0.6) is 0 Å². The Balaban J connectivity index is 3.10. The normalized spacial score (nSPS) is 25.2. The van der Waals surface area contributed by atoms with Crippen molar-refractivity contribution in [2.24, 2.45) is 56.7 Å². The van der Waals surface area contributed by atoms with E-state index in [9.17, 15) is 63.6 Å². The Morgan fingerprint density at radius 1 is 0.618 bits per heavy atom. The topological polar surface area (TPSA) is 479 Å².